The Balaban J connectivity index is 2.10. The number of hydrogen-bond donors (Lipinski definition) is 2. The van der Waals surface area contributed by atoms with Gasteiger partial charge in [-0.25, -0.2) is 13.1 Å². The van der Waals surface area contributed by atoms with Gasteiger partial charge in [-0.1, -0.05) is 12.1 Å². The van der Waals surface area contributed by atoms with Gasteiger partial charge in [0.1, 0.15) is 0 Å². The van der Waals surface area contributed by atoms with Crippen molar-refractivity contribution in [3.05, 3.63) is 29.3 Å². The number of benzene rings is 1. The molecule has 1 aromatic rings. The Morgan fingerprint density at radius 3 is 2.62 bits per heavy atom. The molecule has 0 saturated carbocycles. The predicted octanol–water partition coefficient (Wildman–Crippen LogP) is 1.25. The minimum atomic E-state index is -3.55. The van der Waals surface area contributed by atoms with Crippen molar-refractivity contribution in [1.82, 2.24) is 9.62 Å². The zero-order chi connectivity index (χ0) is 15.5. The summed E-state index contributed by atoms with van der Waals surface area (Å²) >= 11 is 0. The third-order valence-electron chi connectivity index (χ3n) is 3.94. The maximum absolute atomic E-state index is 12.5. The third kappa shape index (κ3) is 4.03. The largest absolute Gasteiger partial charge is 0.392 e. The van der Waals surface area contributed by atoms with E-state index in [4.69, 9.17) is 0 Å². The Morgan fingerprint density at radius 1 is 1.33 bits per heavy atom. The van der Waals surface area contributed by atoms with Crippen LogP contribution in [0.25, 0.3) is 0 Å². The van der Waals surface area contributed by atoms with E-state index < -0.39 is 10.0 Å². The number of aliphatic hydroxyl groups excluding tert-OH is 1. The number of hydrogen-bond acceptors (Lipinski definition) is 4. The SMILES string of the molecule is Cc1c(CO)cccc1S(=O)(=O)NC(C)CN1CCCC1. The summed E-state index contributed by atoms with van der Waals surface area (Å²) in [5.74, 6) is 0. The van der Waals surface area contributed by atoms with E-state index >= 15 is 0 Å². The van der Waals surface area contributed by atoms with Gasteiger partial charge in [0.05, 0.1) is 11.5 Å². The summed E-state index contributed by atoms with van der Waals surface area (Å²) in [5, 5.41) is 9.26. The lowest BCUT2D eigenvalue weighted by Crippen LogP contribution is -2.41. The van der Waals surface area contributed by atoms with Gasteiger partial charge < -0.3 is 10.0 Å². The lowest BCUT2D eigenvalue weighted by Gasteiger charge is -2.21. The minimum absolute atomic E-state index is 0.134. The first-order valence-corrected chi connectivity index (χ1v) is 8.86. The Labute approximate surface area is 127 Å². The summed E-state index contributed by atoms with van der Waals surface area (Å²) in [6.07, 6.45) is 2.38. The number of nitrogens with one attached hydrogen (secondary N) is 1. The molecule has 0 spiro atoms. The molecule has 1 atom stereocenters. The lowest BCUT2D eigenvalue weighted by molar-refractivity contribution is 0.280. The quantitative estimate of drug-likeness (QED) is 0.829. The first kappa shape index (κ1) is 16.4. The molecule has 1 aromatic carbocycles. The van der Waals surface area contributed by atoms with E-state index in [1.807, 2.05) is 6.92 Å². The van der Waals surface area contributed by atoms with Crippen LogP contribution in [0.1, 0.15) is 30.9 Å². The molecule has 1 unspecified atom stereocenters. The summed E-state index contributed by atoms with van der Waals surface area (Å²) in [7, 11) is -3.55. The van der Waals surface area contributed by atoms with Crippen molar-refractivity contribution >= 4 is 10.0 Å². The summed E-state index contributed by atoms with van der Waals surface area (Å²) in [5.41, 5.74) is 1.26. The fourth-order valence-electron chi connectivity index (χ4n) is 2.84. The molecule has 1 saturated heterocycles. The third-order valence-corrected chi connectivity index (χ3v) is 5.68. The second-order valence-corrected chi connectivity index (χ2v) is 7.41. The Bertz CT molecular complexity index is 581. The van der Waals surface area contributed by atoms with E-state index in [9.17, 15) is 13.5 Å². The molecule has 21 heavy (non-hydrogen) atoms. The van der Waals surface area contributed by atoms with Gasteiger partial charge >= 0.3 is 0 Å². The van der Waals surface area contributed by atoms with Crippen LogP contribution in [0.15, 0.2) is 23.1 Å². The van der Waals surface area contributed by atoms with Crippen molar-refractivity contribution in [2.24, 2.45) is 0 Å². The van der Waals surface area contributed by atoms with Crippen LogP contribution in [0.2, 0.25) is 0 Å². The Kier molecular flexibility index (Phi) is 5.37. The standard InChI is InChI=1S/C15H24N2O3S/c1-12(10-17-8-3-4-9-17)16-21(19,20)15-7-5-6-14(11-18)13(15)2/h5-7,12,16,18H,3-4,8-11H2,1-2H3. The lowest BCUT2D eigenvalue weighted by atomic mass is 10.1. The van der Waals surface area contributed by atoms with E-state index in [2.05, 4.69) is 9.62 Å². The van der Waals surface area contributed by atoms with Gasteiger partial charge in [0.2, 0.25) is 10.0 Å². The fourth-order valence-corrected chi connectivity index (χ4v) is 4.36. The van der Waals surface area contributed by atoms with Gasteiger partial charge in [-0.2, -0.15) is 0 Å². The zero-order valence-electron chi connectivity index (χ0n) is 12.7. The topological polar surface area (TPSA) is 69.6 Å². The van der Waals surface area contributed by atoms with Gasteiger partial charge in [0.25, 0.3) is 0 Å². The highest BCUT2D eigenvalue weighted by molar-refractivity contribution is 7.89. The minimum Gasteiger partial charge on any atom is -0.392 e. The highest BCUT2D eigenvalue weighted by atomic mass is 32.2. The predicted molar refractivity (Wildman–Crippen MR) is 82.6 cm³/mol. The van der Waals surface area contributed by atoms with Crippen LogP contribution < -0.4 is 4.72 Å². The molecule has 1 aliphatic rings. The molecule has 5 nitrogen and oxygen atoms in total. The molecule has 1 heterocycles. The molecular weight excluding hydrogens is 288 g/mol. The molecular formula is C15H24N2O3S. The average molecular weight is 312 g/mol. The van der Waals surface area contributed by atoms with Gasteiger partial charge in [-0.15, -0.1) is 0 Å². The summed E-state index contributed by atoms with van der Waals surface area (Å²) in [6, 6.07) is 4.85. The zero-order valence-corrected chi connectivity index (χ0v) is 13.5. The monoisotopic (exact) mass is 312 g/mol. The number of rotatable bonds is 6. The number of aliphatic hydroxyl groups is 1. The summed E-state index contributed by atoms with van der Waals surface area (Å²) in [4.78, 5) is 2.53. The molecule has 0 aliphatic carbocycles. The Hall–Kier alpha value is -0.950. The summed E-state index contributed by atoms with van der Waals surface area (Å²) in [6.45, 7) is 6.29. The van der Waals surface area contributed by atoms with Crippen LogP contribution in [-0.2, 0) is 16.6 Å². The van der Waals surface area contributed by atoms with E-state index in [1.165, 1.54) is 12.8 Å². The number of sulfonamides is 1. The molecule has 118 valence electrons. The Morgan fingerprint density at radius 2 is 2.00 bits per heavy atom. The van der Waals surface area contributed by atoms with Gasteiger partial charge in [0.15, 0.2) is 0 Å². The number of likely N-dealkylation sites (tertiary alicyclic amines) is 1. The highest BCUT2D eigenvalue weighted by Crippen LogP contribution is 2.19. The van der Waals surface area contributed by atoms with Crippen LogP contribution in [0.4, 0.5) is 0 Å². The maximum Gasteiger partial charge on any atom is 0.241 e. The first-order chi connectivity index (χ1) is 9.94. The molecule has 6 heteroatoms. The van der Waals surface area contributed by atoms with Crippen LogP contribution in [0, 0.1) is 6.92 Å². The van der Waals surface area contributed by atoms with Crippen LogP contribution in [-0.4, -0.2) is 44.1 Å². The van der Waals surface area contributed by atoms with Gasteiger partial charge in [-0.3, -0.25) is 0 Å². The maximum atomic E-state index is 12.5. The van der Waals surface area contributed by atoms with Crippen LogP contribution in [0.5, 0.6) is 0 Å². The molecule has 0 aromatic heterocycles. The van der Waals surface area contributed by atoms with Gasteiger partial charge in [0, 0.05) is 12.6 Å². The molecule has 0 bridgehead atoms. The summed E-state index contributed by atoms with van der Waals surface area (Å²) < 4.78 is 27.7. The van der Waals surface area contributed by atoms with Crippen molar-refractivity contribution in [2.45, 2.75) is 44.2 Å². The van der Waals surface area contributed by atoms with Crippen molar-refractivity contribution in [1.29, 1.82) is 0 Å². The van der Waals surface area contributed by atoms with Crippen molar-refractivity contribution in [2.75, 3.05) is 19.6 Å². The molecule has 1 aliphatic heterocycles. The van der Waals surface area contributed by atoms with E-state index in [0.29, 0.717) is 11.1 Å². The van der Waals surface area contributed by atoms with Crippen molar-refractivity contribution < 1.29 is 13.5 Å². The molecule has 0 amide bonds. The smallest absolute Gasteiger partial charge is 0.241 e. The molecule has 1 fully saturated rings. The number of nitrogens with zero attached hydrogens (tertiary/aromatic N) is 1. The van der Waals surface area contributed by atoms with E-state index in [1.54, 1.807) is 25.1 Å². The second kappa shape index (κ2) is 6.87. The van der Waals surface area contributed by atoms with E-state index in [0.717, 1.165) is 19.6 Å². The van der Waals surface area contributed by atoms with Crippen molar-refractivity contribution in [3.63, 3.8) is 0 Å². The first-order valence-electron chi connectivity index (χ1n) is 7.38. The van der Waals surface area contributed by atoms with Crippen molar-refractivity contribution in [3.8, 4) is 0 Å². The van der Waals surface area contributed by atoms with E-state index in [-0.39, 0.29) is 17.5 Å². The highest BCUT2D eigenvalue weighted by Gasteiger charge is 2.22. The van der Waals surface area contributed by atoms with Gasteiger partial charge in [-0.05, 0) is 57.0 Å². The fraction of sp³-hybridized carbons (Fsp3) is 0.600. The average Bonchev–Trinajstić information content (AvgIpc) is 2.90. The normalized spacial score (nSPS) is 18.0. The van der Waals surface area contributed by atoms with Crippen LogP contribution in [0.3, 0.4) is 0 Å². The molecule has 2 N–H and O–H groups in total. The molecule has 2 rings (SSSR count). The molecule has 0 radical (unpaired) electrons. The van der Waals surface area contributed by atoms with Crippen LogP contribution >= 0.6 is 0 Å². The second-order valence-electron chi connectivity index (χ2n) is 5.73.